The van der Waals surface area contributed by atoms with Crippen molar-refractivity contribution in [1.82, 2.24) is 26.2 Å². The largest absolute Gasteiger partial charge is 0.348 e. The summed E-state index contributed by atoms with van der Waals surface area (Å²) in [7, 11) is 5.74. The fourth-order valence-electron chi connectivity index (χ4n) is 5.86. The number of fused-ring (bicyclic) bond motifs is 1. The van der Waals surface area contributed by atoms with E-state index in [-0.39, 0.29) is 36.0 Å². The van der Waals surface area contributed by atoms with Gasteiger partial charge in [0, 0.05) is 12.6 Å². The first-order valence-corrected chi connectivity index (χ1v) is 14.1. The van der Waals surface area contributed by atoms with Crippen LogP contribution in [0.4, 0.5) is 0 Å². The minimum absolute atomic E-state index is 0.00320. The summed E-state index contributed by atoms with van der Waals surface area (Å²) in [6, 6.07) is 8.56. The summed E-state index contributed by atoms with van der Waals surface area (Å²) in [4.78, 5) is 37.4. The van der Waals surface area contributed by atoms with E-state index in [1.54, 1.807) is 14.0 Å². The van der Waals surface area contributed by atoms with Crippen LogP contribution in [0.5, 0.6) is 0 Å². The molecule has 0 spiro atoms. The maximum absolute atomic E-state index is 12.6. The molecule has 1 saturated carbocycles. The normalized spacial score (nSPS) is 25.7. The third-order valence-corrected chi connectivity index (χ3v) is 8.38. The molecule has 0 bridgehead atoms. The van der Waals surface area contributed by atoms with Gasteiger partial charge in [0.25, 0.3) is 0 Å². The third kappa shape index (κ3) is 8.09. The number of rotatable bonds is 8. The molecule has 1 heterocycles. The Bertz CT molecular complexity index is 888. The van der Waals surface area contributed by atoms with E-state index < -0.39 is 0 Å². The zero-order valence-electron chi connectivity index (χ0n) is 23.1. The molecule has 4 N–H and O–H groups in total. The average molecular weight is 514 g/mol. The Morgan fingerprint density at radius 2 is 1.78 bits per heavy atom. The number of likely N-dealkylation sites (tertiary alicyclic amines) is 1. The van der Waals surface area contributed by atoms with Gasteiger partial charge in [0.15, 0.2) is 0 Å². The summed E-state index contributed by atoms with van der Waals surface area (Å²) in [6.45, 7) is 2.73. The number of hydrogen-bond acceptors (Lipinski definition) is 6. The smallest absolute Gasteiger partial charge is 0.237 e. The van der Waals surface area contributed by atoms with Crippen LogP contribution in [0, 0.1) is 5.92 Å². The van der Waals surface area contributed by atoms with Crippen molar-refractivity contribution >= 4 is 18.1 Å². The highest BCUT2D eigenvalue weighted by atomic mass is 16.2. The summed E-state index contributed by atoms with van der Waals surface area (Å²) in [5.74, 6) is 0.418. The van der Waals surface area contributed by atoms with Crippen LogP contribution in [-0.4, -0.2) is 74.9 Å². The molecule has 2 amide bonds. The third-order valence-electron chi connectivity index (χ3n) is 8.38. The molecule has 1 saturated heterocycles. The standard InChI is InChI=1S/C17H25N3O.C12H22N2O2/c1-18-13-10-16(20(2)11-13)17(21)19-15-9-5-7-12-6-3-4-8-14(12)15;1-9(13-2)12(16)14-11(8-15)10-6-4-3-5-7-10/h3-4,6,8,13,15-16,18H,5,7,9-11H2,1-2H3,(H,19,21);8-11,13H,3-7H2,1-2H3,(H,14,16). The maximum atomic E-state index is 12.6. The van der Waals surface area contributed by atoms with E-state index in [4.69, 9.17) is 0 Å². The van der Waals surface area contributed by atoms with Crippen LogP contribution in [0.1, 0.15) is 75.5 Å². The van der Waals surface area contributed by atoms with Crippen LogP contribution in [0.2, 0.25) is 0 Å². The second kappa shape index (κ2) is 14.6. The van der Waals surface area contributed by atoms with Crippen molar-refractivity contribution in [3.8, 4) is 0 Å². The van der Waals surface area contributed by atoms with E-state index in [9.17, 15) is 14.4 Å². The molecule has 2 aliphatic carbocycles. The number of carbonyl (C=O) groups is 3. The number of benzene rings is 1. The molecule has 37 heavy (non-hydrogen) atoms. The maximum Gasteiger partial charge on any atom is 0.237 e. The van der Waals surface area contributed by atoms with Crippen molar-refractivity contribution in [3.63, 3.8) is 0 Å². The van der Waals surface area contributed by atoms with Crippen LogP contribution in [0.15, 0.2) is 24.3 Å². The summed E-state index contributed by atoms with van der Waals surface area (Å²) in [6.07, 6.45) is 10.8. The van der Waals surface area contributed by atoms with Crippen molar-refractivity contribution in [2.75, 3.05) is 27.7 Å². The number of aryl methyl sites for hydroxylation is 1. The molecule has 3 aliphatic rings. The van der Waals surface area contributed by atoms with E-state index in [1.807, 2.05) is 14.1 Å². The molecule has 5 unspecified atom stereocenters. The Morgan fingerprint density at radius 1 is 1.05 bits per heavy atom. The number of aldehydes is 1. The number of nitrogens with zero attached hydrogens (tertiary/aromatic N) is 1. The molecule has 5 atom stereocenters. The highest BCUT2D eigenvalue weighted by Crippen LogP contribution is 2.30. The molecule has 2 fully saturated rings. The number of carbonyl (C=O) groups excluding carboxylic acids is 3. The first-order valence-electron chi connectivity index (χ1n) is 14.1. The van der Waals surface area contributed by atoms with E-state index >= 15 is 0 Å². The lowest BCUT2D eigenvalue weighted by Crippen LogP contribution is -2.48. The summed E-state index contributed by atoms with van der Waals surface area (Å²) < 4.78 is 0. The Kier molecular flexibility index (Phi) is 11.5. The van der Waals surface area contributed by atoms with Gasteiger partial charge in [-0.05, 0) is 83.6 Å². The van der Waals surface area contributed by atoms with Crippen LogP contribution in [0.25, 0.3) is 0 Å². The molecule has 1 aromatic rings. The lowest BCUT2D eigenvalue weighted by atomic mass is 9.84. The topological polar surface area (TPSA) is 103 Å². The molecule has 4 rings (SSSR count). The molecule has 1 aromatic carbocycles. The monoisotopic (exact) mass is 513 g/mol. The quantitative estimate of drug-likeness (QED) is 0.398. The molecule has 206 valence electrons. The summed E-state index contributed by atoms with van der Waals surface area (Å²) >= 11 is 0. The zero-order chi connectivity index (χ0) is 26.8. The predicted octanol–water partition coefficient (Wildman–Crippen LogP) is 2.33. The SMILES string of the molecule is CNC(C)C(=O)NC(C=O)C1CCCCC1.CNC1CC(C(=O)NC2CCCc3ccccc32)N(C)C1. The Morgan fingerprint density at radius 3 is 2.43 bits per heavy atom. The van der Waals surface area contributed by atoms with Crippen molar-refractivity contribution in [1.29, 1.82) is 0 Å². The minimum Gasteiger partial charge on any atom is -0.348 e. The predicted molar refractivity (Wildman–Crippen MR) is 147 cm³/mol. The number of nitrogens with one attached hydrogen (secondary N) is 4. The minimum atomic E-state index is -0.302. The van der Waals surface area contributed by atoms with E-state index in [0.29, 0.717) is 12.0 Å². The van der Waals surface area contributed by atoms with Gasteiger partial charge in [-0.15, -0.1) is 0 Å². The van der Waals surface area contributed by atoms with Gasteiger partial charge in [0.1, 0.15) is 6.29 Å². The lowest BCUT2D eigenvalue weighted by molar-refractivity contribution is -0.126. The molecule has 0 radical (unpaired) electrons. The molecular weight excluding hydrogens is 466 g/mol. The van der Waals surface area contributed by atoms with Gasteiger partial charge < -0.3 is 26.1 Å². The van der Waals surface area contributed by atoms with Gasteiger partial charge in [-0.1, -0.05) is 43.5 Å². The molecule has 8 nitrogen and oxygen atoms in total. The van der Waals surface area contributed by atoms with Crippen molar-refractivity contribution in [2.24, 2.45) is 5.92 Å². The van der Waals surface area contributed by atoms with Gasteiger partial charge in [0.05, 0.1) is 24.2 Å². The summed E-state index contributed by atoms with van der Waals surface area (Å²) in [5.41, 5.74) is 2.70. The van der Waals surface area contributed by atoms with Crippen LogP contribution < -0.4 is 21.3 Å². The van der Waals surface area contributed by atoms with Crippen molar-refractivity contribution in [3.05, 3.63) is 35.4 Å². The fourth-order valence-corrected chi connectivity index (χ4v) is 5.86. The summed E-state index contributed by atoms with van der Waals surface area (Å²) in [5, 5.41) is 12.2. The van der Waals surface area contributed by atoms with Crippen LogP contribution >= 0.6 is 0 Å². The van der Waals surface area contributed by atoms with Gasteiger partial charge in [-0.2, -0.15) is 0 Å². The average Bonchev–Trinajstić information content (AvgIpc) is 3.33. The molecular formula is C29H47N5O3. The second-order valence-corrected chi connectivity index (χ2v) is 10.9. The van der Waals surface area contributed by atoms with E-state index in [2.05, 4.69) is 50.4 Å². The number of likely N-dealkylation sites (N-methyl/N-ethyl adjacent to an activating group) is 3. The van der Waals surface area contributed by atoms with Crippen LogP contribution in [-0.2, 0) is 20.8 Å². The van der Waals surface area contributed by atoms with Gasteiger partial charge in [0.2, 0.25) is 11.8 Å². The Labute approximate surface area is 222 Å². The highest BCUT2D eigenvalue weighted by molar-refractivity contribution is 5.84. The molecule has 1 aliphatic heterocycles. The second-order valence-electron chi connectivity index (χ2n) is 10.9. The number of hydrogen-bond donors (Lipinski definition) is 4. The fraction of sp³-hybridized carbons (Fsp3) is 0.690. The Balaban J connectivity index is 0.000000214. The van der Waals surface area contributed by atoms with Gasteiger partial charge >= 0.3 is 0 Å². The van der Waals surface area contributed by atoms with E-state index in [1.165, 1.54) is 30.4 Å². The molecule has 0 aromatic heterocycles. The van der Waals surface area contributed by atoms with E-state index in [0.717, 1.165) is 51.4 Å². The number of amides is 2. The van der Waals surface area contributed by atoms with Crippen LogP contribution in [0.3, 0.4) is 0 Å². The first kappa shape index (κ1) is 29.3. The highest BCUT2D eigenvalue weighted by Gasteiger charge is 2.35. The Hall–Kier alpha value is -2.29. The lowest BCUT2D eigenvalue weighted by Gasteiger charge is -2.28. The van der Waals surface area contributed by atoms with Gasteiger partial charge in [-0.3, -0.25) is 14.5 Å². The zero-order valence-corrected chi connectivity index (χ0v) is 23.1. The van der Waals surface area contributed by atoms with Crippen molar-refractivity contribution < 1.29 is 14.4 Å². The van der Waals surface area contributed by atoms with Crippen molar-refractivity contribution in [2.45, 2.75) is 94.9 Å². The first-order chi connectivity index (χ1) is 17.9. The van der Waals surface area contributed by atoms with Gasteiger partial charge in [-0.25, -0.2) is 0 Å². The molecule has 8 heteroatoms.